The lowest BCUT2D eigenvalue weighted by Gasteiger charge is -2.32. The van der Waals surface area contributed by atoms with Gasteiger partial charge in [0.05, 0.1) is 5.60 Å². The molecule has 3 N–H and O–H groups in total. The highest BCUT2D eigenvalue weighted by atomic mass is 16.5. The summed E-state index contributed by atoms with van der Waals surface area (Å²) in [6, 6.07) is 7.95. The Hall–Kier alpha value is -1.36. The van der Waals surface area contributed by atoms with Gasteiger partial charge in [0.1, 0.15) is 17.4 Å². The summed E-state index contributed by atoms with van der Waals surface area (Å²) in [7, 11) is 0. The molecule has 0 spiro atoms. The van der Waals surface area contributed by atoms with Gasteiger partial charge in [-0.15, -0.1) is 0 Å². The van der Waals surface area contributed by atoms with Gasteiger partial charge in [-0.3, -0.25) is 5.84 Å². The Morgan fingerprint density at radius 2 is 2.11 bits per heavy atom. The van der Waals surface area contributed by atoms with Gasteiger partial charge >= 0.3 is 0 Å². The molecule has 0 saturated carbocycles. The van der Waals surface area contributed by atoms with Gasteiger partial charge in [-0.2, -0.15) is 0 Å². The second-order valence-electron chi connectivity index (χ2n) is 5.33. The molecule has 0 aliphatic carbocycles. The number of benzene rings is 1. The maximum absolute atomic E-state index is 5.89. The molecule has 2 rings (SSSR count). The molecule has 4 heteroatoms. The molecule has 1 aromatic heterocycles. The summed E-state index contributed by atoms with van der Waals surface area (Å²) in [4.78, 5) is 0. The van der Waals surface area contributed by atoms with Crippen LogP contribution < -0.4 is 11.3 Å². The van der Waals surface area contributed by atoms with E-state index in [1.807, 2.05) is 39.0 Å². The number of aryl methyl sites for hydroxylation is 1. The molecule has 0 bridgehead atoms. The second-order valence-corrected chi connectivity index (χ2v) is 5.33. The van der Waals surface area contributed by atoms with Crippen LogP contribution in [0, 0.1) is 6.92 Å². The van der Waals surface area contributed by atoms with Gasteiger partial charge in [-0.25, -0.2) is 5.43 Å². The SMILES string of the molecule is CCOC(C)(C)C(NN)c1cc2cc(C)ccc2o1. The third-order valence-corrected chi connectivity index (χ3v) is 3.35. The van der Waals surface area contributed by atoms with Crippen LogP contribution in [-0.2, 0) is 4.74 Å². The molecular weight excluding hydrogens is 240 g/mol. The van der Waals surface area contributed by atoms with E-state index in [4.69, 9.17) is 15.0 Å². The van der Waals surface area contributed by atoms with E-state index in [2.05, 4.69) is 18.4 Å². The highest BCUT2D eigenvalue weighted by molar-refractivity contribution is 5.78. The molecular formula is C15H22N2O2. The number of hydrazine groups is 1. The lowest BCUT2D eigenvalue weighted by atomic mass is 9.96. The van der Waals surface area contributed by atoms with Gasteiger partial charge in [-0.1, -0.05) is 11.6 Å². The Morgan fingerprint density at radius 3 is 2.74 bits per heavy atom. The van der Waals surface area contributed by atoms with Crippen molar-refractivity contribution in [3.63, 3.8) is 0 Å². The number of rotatable bonds is 5. The summed E-state index contributed by atoms with van der Waals surface area (Å²) in [5.74, 6) is 6.48. The fourth-order valence-electron chi connectivity index (χ4n) is 2.41. The van der Waals surface area contributed by atoms with E-state index in [1.54, 1.807) is 0 Å². The Kier molecular flexibility index (Phi) is 3.94. The summed E-state index contributed by atoms with van der Waals surface area (Å²) in [6.45, 7) is 8.66. The molecule has 19 heavy (non-hydrogen) atoms. The standard InChI is InChI=1S/C15H22N2O2/c1-5-18-15(3,4)14(17-16)13-9-11-8-10(2)6-7-12(11)19-13/h6-9,14,17H,5,16H2,1-4H3. The second kappa shape index (κ2) is 5.33. The van der Waals surface area contributed by atoms with E-state index in [1.165, 1.54) is 5.56 Å². The van der Waals surface area contributed by atoms with Crippen LogP contribution in [0.3, 0.4) is 0 Å². The van der Waals surface area contributed by atoms with E-state index < -0.39 is 5.60 Å². The van der Waals surface area contributed by atoms with Crippen LogP contribution in [0.2, 0.25) is 0 Å². The van der Waals surface area contributed by atoms with Crippen LogP contribution in [0.5, 0.6) is 0 Å². The average Bonchev–Trinajstić information content (AvgIpc) is 2.71. The minimum absolute atomic E-state index is 0.194. The number of furan rings is 1. The number of nitrogens with one attached hydrogen (secondary N) is 1. The zero-order valence-electron chi connectivity index (χ0n) is 12.0. The summed E-state index contributed by atoms with van der Waals surface area (Å²) in [6.07, 6.45) is 0. The van der Waals surface area contributed by atoms with Crippen molar-refractivity contribution in [2.45, 2.75) is 39.3 Å². The largest absolute Gasteiger partial charge is 0.459 e. The van der Waals surface area contributed by atoms with Crippen molar-refractivity contribution in [2.24, 2.45) is 5.84 Å². The number of ether oxygens (including phenoxy) is 1. The first-order valence-corrected chi connectivity index (χ1v) is 6.58. The smallest absolute Gasteiger partial charge is 0.134 e. The first kappa shape index (κ1) is 14.1. The molecule has 0 radical (unpaired) electrons. The van der Waals surface area contributed by atoms with Crippen molar-refractivity contribution in [1.29, 1.82) is 0 Å². The van der Waals surface area contributed by atoms with Crippen molar-refractivity contribution in [3.8, 4) is 0 Å². The fourth-order valence-corrected chi connectivity index (χ4v) is 2.41. The van der Waals surface area contributed by atoms with Crippen molar-refractivity contribution in [2.75, 3.05) is 6.61 Å². The van der Waals surface area contributed by atoms with E-state index in [0.29, 0.717) is 6.61 Å². The van der Waals surface area contributed by atoms with Crippen LogP contribution in [0.1, 0.15) is 38.1 Å². The quantitative estimate of drug-likeness (QED) is 0.642. The number of hydrogen-bond acceptors (Lipinski definition) is 4. The lowest BCUT2D eigenvalue weighted by Crippen LogP contribution is -2.44. The molecule has 1 heterocycles. The van der Waals surface area contributed by atoms with Crippen LogP contribution in [0.4, 0.5) is 0 Å². The monoisotopic (exact) mass is 262 g/mol. The molecule has 2 aromatic rings. The Labute approximate surface area is 113 Å². The molecule has 104 valence electrons. The van der Waals surface area contributed by atoms with E-state index in [9.17, 15) is 0 Å². The van der Waals surface area contributed by atoms with Gasteiger partial charge in [0.15, 0.2) is 0 Å². The van der Waals surface area contributed by atoms with Gasteiger partial charge in [0.2, 0.25) is 0 Å². The maximum Gasteiger partial charge on any atom is 0.134 e. The average molecular weight is 262 g/mol. The zero-order valence-corrected chi connectivity index (χ0v) is 12.0. The van der Waals surface area contributed by atoms with Gasteiger partial charge < -0.3 is 9.15 Å². The lowest BCUT2D eigenvalue weighted by molar-refractivity contribution is -0.0437. The van der Waals surface area contributed by atoms with E-state index in [-0.39, 0.29) is 6.04 Å². The topological polar surface area (TPSA) is 60.4 Å². The van der Waals surface area contributed by atoms with Crippen LogP contribution in [0.25, 0.3) is 11.0 Å². The Bertz CT molecular complexity index is 560. The number of hydrogen-bond donors (Lipinski definition) is 2. The zero-order chi connectivity index (χ0) is 14.0. The molecule has 1 aromatic carbocycles. The molecule has 4 nitrogen and oxygen atoms in total. The van der Waals surface area contributed by atoms with Crippen LogP contribution in [0.15, 0.2) is 28.7 Å². The number of nitrogens with two attached hydrogens (primary N) is 1. The number of fused-ring (bicyclic) bond motifs is 1. The normalized spacial score (nSPS) is 13.9. The minimum atomic E-state index is -0.438. The summed E-state index contributed by atoms with van der Waals surface area (Å²) in [5.41, 5.74) is 4.44. The minimum Gasteiger partial charge on any atom is -0.459 e. The van der Waals surface area contributed by atoms with E-state index >= 15 is 0 Å². The van der Waals surface area contributed by atoms with Gasteiger partial charge in [-0.05, 0) is 45.9 Å². The van der Waals surface area contributed by atoms with Crippen molar-refractivity contribution in [1.82, 2.24) is 5.43 Å². The first-order chi connectivity index (χ1) is 8.97. The van der Waals surface area contributed by atoms with Gasteiger partial charge in [0, 0.05) is 12.0 Å². The molecule has 1 atom stereocenters. The molecule has 0 fully saturated rings. The van der Waals surface area contributed by atoms with Crippen LogP contribution >= 0.6 is 0 Å². The molecule has 0 amide bonds. The van der Waals surface area contributed by atoms with Gasteiger partial charge in [0.25, 0.3) is 0 Å². The predicted molar refractivity (Wildman–Crippen MR) is 76.7 cm³/mol. The van der Waals surface area contributed by atoms with Crippen molar-refractivity contribution >= 4 is 11.0 Å². The summed E-state index contributed by atoms with van der Waals surface area (Å²) < 4.78 is 11.6. The Balaban J connectivity index is 2.40. The summed E-state index contributed by atoms with van der Waals surface area (Å²) in [5, 5.41) is 1.09. The first-order valence-electron chi connectivity index (χ1n) is 6.58. The Morgan fingerprint density at radius 1 is 1.37 bits per heavy atom. The van der Waals surface area contributed by atoms with Crippen molar-refractivity contribution < 1.29 is 9.15 Å². The van der Waals surface area contributed by atoms with E-state index in [0.717, 1.165) is 16.7 Å². The summed E-state index contributed by atoms with van der Waals surface area (Å²) >= 11 is 0. The maximum atomic E-state index is 5.89. The molecule has 0 saturated heterocycles. The highest BCUT2D eigenvalue weighted by Crippen LogP contribution is 2.32. The van der Waals surface area contributed by atoms with Crippen molar-refractivity contribution in [3.05, 3.63) is 35.6 Å². The predicted octanol–water partition coefficient (Wildman–Crippen LogP) is 3.06. The molecule has 0 aliphatic heterocycles. The van der Waals surface area contributed by atoms with Crippen LogP contribution in [-0.4, -0.2) is 12.2 Å². The third kappa shape index (κ3) is 2.81. The molecule has 1 unspecified atom stereocenters. The highest BCUT2D eigenvalue weighted by Gasteiger charge is 2.33. The fraction of sp³-hybridized carbons (Fsp3) is 0.467. The molecule has 0 aliphatic rings. The third-order valence-electron chi connectivity index (χ3n) is 3.35.